The van der Waals surface area contributed by atoms with E-state index in [4.69, 9.17) is 0 Å². The topological polar surface area (TPSA) is 20.2 Å². The summed E-state index contributed by atoms with van der Waals surface area (Å²) in [6.07, 6.45) is 0. The highest BCUT2D eigenvalue weighted by Crippen LogP contribution is 2.33. The lowest BCUT2D eigenvalue weighted by atomic mass is 10.2. The van der Waals surface area contributed by atoms with Gasteiger partial charge in [0.1, 0.15) is 5.75 Å². The Balaban J connectivity index is 0.000000299. The van der Waals surface area contributed by atoms with Crippen LogP contribution >= 0.6 is 7.92 Å². The normalized spacial score (nSPS) is 11.1. The maximum Gasteiger partial charge on any atom is 0.115 e. The summed E-state index contributed by atoms with van der Waals surface area (Å²) in [6.45, 7) is 2.11. The van der Waals surface area contributed by atoms with E-state index in [1.165, 1.54) is 21.5 Å². The van der Waals surface area contributed by atoms with Gasteiger partial charge in [-0.25, -0.2) is 0 Å². The molecule has 0 fully saturated rings. The van der Waals surface area contributed by atoms with Crippen LogP contribution in [0.1, 0.15) is 5.56 Å². The lowest BCUT2D eigenvalue weighted by Crippen LogP contribution is -2.20. The highest BCUT2D eigenvalue weighted by molar-refractivity contribution is 7.79. The van der Waals surface area contributed by atoms with Crippen LogP contribution in [-0.4, -0.2) is 5.11 Å². The third-order valence-electron chi connectivity index (χ3n) is 4.08. The summed E-state index contributed by atoms with van der Waals surface area (Å²) in [5.41, 5.74) is 1.27. The van der Waals surface area contributed by atoms with Gasteiger partial charge in [0.15, 0.2) is 0 Å². The van der Waals surface area contributed by atoms with Gasteiger partial charge in [-0.1, -0.05) is 109 Å². The van der Waals surface area contributed by atoms with E-state index in [2.05, 4.69) is 55.5 Å². The second-order valence-electron chi connectivity index (χ2n) is 6.18. The van der Waals surface area contributed by atoms with E-state index >= 15 is 0 Å². The number of phenolic OH excluding ortho intramolecular Hbond substituents is 1. The fourth-order valence-electron chi connectivity index (χ4n) is 2.70. The second kappa shape index (κ2) is 9.71. The van der Waals surface area contributed by atoms with Crippen molar-refractivity contribution < 1.29 is 5.11 Å². The second-order valence-corrected chi connectivity index (χ2v) is 8.40. The number of hydrogen-bond donors (Lipinski definition) is 1. The largest absolute Gasteiger partial charge is 0.508 e. The van der Waals surface area contributed by atoms with Gasteiger partial charge in [0.25, 0.3) is 0 Å². The fraction of sp³-hybridized carbons (Fsp3) is 0.0400. The Morgan fingerprint density at radius 1 is 0.481 bits per heavy atom. The van der Waals surface area contributed by atoms with Gasteiger partial charge in [0.05, 0.1) is 0 Å². The zero-order chi connectivity index (χ0) is 18.9. The maximum absolute atomic E-state index is 9.52. The molecule has 1 nitrogen and oxygen atoms in total. The van der Waals surface area contributed by atoms with Crippen molar-refractivity contribution in [3.63, 3.8) is 0 Å². The molecule has 4 aromatic rings. The van der Waals surface area contributed by atoms with Crippen LogP contribution in [0, 0.1) is 6.92 Å². The van der Waals surface area contributed by atoms with Crippen molar-refractivity contribution in [2.24, 2.45) is 0 Å². The highest BCUT2D eigenvalue weighted by Gasteiger charge is 2.15. The van der Waals surface area contributed by atoms with Gasteiger partial charge in [-0.2, -0.15) is 0 Å². The average molecular weight is 370 g/mol. The van der Waals surface area contributed by atoms with E-state index in [1.807, 2.05) is 54.6 Å². The minimum Gasteiger partial charge on any atom is -0.508 e. The molecule has 0 aliphatic heterocycles. The molecule has 27 heavy (non-hydrogen) atoms. The van der Waals surface area contributed by atoms with Crippen molar-refractivity contribution in [1.29, 1.82) is 0 Å². The Hall–Kier alpha value is -2.89. The third-order valence-corrected chi connectivity index (χ3v) is 6.52. The molecule has 0 saturated heterocycles. The molecule has 0 aliphatic carbocycles. The number of benzene rings is 4. The molecule has 0 spiro atoms. The number of aryl methyl sites for hydroxylation is 1. The number of aromatic hydroxyl groups is 1. The summed E-state index contributed by atoms with van der Waals surface area (Å²) >= 11 is 0. The monoisotopic (exact) mass is 370 g/mol. The van der Waals surface area contributed by atoms with Crippen LogP contribution in [0.3, 0.4) is 0 Å². The lowest BCUT2D eigenvalue weighted by molar-refractivity contribution is 0.475. The Morgan fingerprint density at radius 2 is 0.852 bits per heavy atom. The molecule has 4 rings (SSSR count). The molecule has 134 valence electrons. The number of rotatable bonds is 3. The summed E-state index contributed by atoms with van der Waals surface area (Å²) in [5.74, 6) is 0.311. The van der Waals surface area contributed by atoms with Gasteiger partial charge < -0.3 is 5.11 Å². The molecular weight excluding hydrogens is 347 g/mol. The van der Waals surface area contributed by atoms with Crippen molar-refractivity contribution in [3.05, 3.63) is 121 Å². The predicted octanol–water partition coefficient (Wildman–Crippen LogP) is 5.15. The van der Waals surface area contributed by atoms with Crippen LogP contribution in [0.4, 0.5) is 0 Å². The van der Waals surface area contributed by atoms with Crippen LogP contribution < -0.4 is 15.9 Å². The molecule has 0 aromatic heterocycles. The minimum absolute atomic E-state index is 0.311. The molecule has 4 aromatic carbocycles. The van der Waals surface area contributed by atoms with Crippen molar-refractivity contribution >= 4 is 23.8 Å². The standard InChI is InChI=1S/C19H17OP.C6H6/c1-15-7-11-18(12-8-15)21(17-5-3-2-4-6-17)19-13-9-16(20)10-14-19;1-2-4-6-5-3-1/h2-14,20H,1H3;1-6H. The molecule has 0 saturated carbocycles. The first-order valence-electron chi connectivity index (χ1n) is 8.95. The van der Waals surface area contributed by atoms with E-state index in [0.29, 0.717) is 5.75 Å². The van der Waals surface area contributed by atoms with Crippen LogP contribution in [0.2, 0.25) is 0 Å². The Kier molecular flexibility index (Phi) is 6.79. The fourth-order valence-corrected chi connectivity index (χ4v) is 4.96. The van der Waals surface area contributed by atoms with Crippen LogP contribution in [0.25, 0.3) is 0 Å². The SMILES string of the molecule is Cc1ccc(P(c2ccccc2)c2ccc(O)cc2)cc1.c1ccccc1. The highest BCUT2D eigenvalue weighted by atomic mass is 31.1. The van der Waals surface area contributed by atoms with E-state index < -0.39 is 7.92 Å². The van der Waals surface area contributed by atoms with E-state index in [1.54, 1.807) is 12.1 Å². The number of phenols is 1. The Bertz CT molecular complexity index is 845. The smallest absolute Gasteiger partial charge is 0.115 e. The summed E-state index contributed by atoms with van der Waals surface area (Å²) in [4.78, 5) is 0. The molecule has 0 aliphatic rings. The predicted molar refractivity (Wildman–Crippen MR) is 118 cm³/mol. The molecule has 0 heterocycles. The van der Waals surface area contributed by atoms with Gasteiger partial charge >= 0.3 is 0 Å². The van der Waals surface area contributed by atoms with Crippen molar-refractivity contribution in [2.75, 3.05) is 0 Å². The van der Waals surface area contributed by atoms with E-state index in [9.17, 15) is 5.11 Å². The summed E-state index contributed by atoms with van der Waals surface area (Å²) in [6, 6.07) is 38.9. The lowest BCUT2D eigenvalue weighted by Gasteiger charge is -2.19. The quantitative estimate of drug-likeness (QED) is 0.495. The van der Waals surface area contributed by atoms with Crippen molar-refractivity contribution in [3.8, 4) is 5.75 Å². The molecule has 0 amide bonds. The summed E-state index contributed by atoms with van der Waals surface area (Å²) < 4.78 is 0. The summed E-state index contributed by atoms with van der Waals surface area (Å²) in [5, 5.41) is 13.4. The zero-order valence-electron chi connectivity index (χ0n) is 15.4. The van der Waals surface area contributed by atoms with Gasteiger partial charge in [0.2, 0.25) is 0 Å². The molecular formula is C25H23OP. The van der Waals surface area contributed by atoms with Crippen LogP contribution in [0.5, 0.6) is 5.75 Å². The maximum atomic E-state index is 9.52. The molecule has 2 heteroatoms. The minimum atomic E-state index is -0.582. The summed E-state index contributed by atoms with van der Waals surface area (Å²) in [7, 11) is -0.582. The molecule has 1 atom stereocenters. The zero-order valence-corrected chi connectivity index (χ0v) is 16.3. The third kappa shape index (κ3) is 5.54. The van der Waals surface area contributed by atoms with Crippen molar-refractivity contribution in [1.82, 2.24) is 0 Å². The van der Waals surface area contributed by atoms with E-state index in [-0.39, 0.29) is 0 Å². The number of hydrogen-bond acceptors (Lipinski definition) is 1. The Morgan fingerprint density at radius 3 is 1.33 bits per heavy atom. The first-order chi connectivity index (χ1) is 13.2. The van der Waals surface area contributed by atoms with E-state index in [0.717, 1.165) is 0 Å². The van der Waals surface area contributed by atoms with Gasteiger partial charge in [-0.3, -0.25) is 0 Å². The van der Waals surface area contributed by atoms with Crippen LogP contribution in [-0.2, 0) is 0 Å². The van der Waals surface area contributed by atoms with Gasteiger partial charge in [-0.05, 0) is 42.9 Å². The first-order valence-corrected chi connectivity index (χ1v) is 10.3. The van der Waals surface area contributed by atoms with Gasteiger partial charge in [-0.15, -0.1) is 0 Å². The van der Waals surface area contributed by atoms with Gasteiger partial charge in [0, 0.05) is 0 Å². The molecule has 0 bridgehead atoms. The molecule has 0 radical (unpaired) electrons. The van der Waals surface area contributed by atoms with Crippen LogP contribution in [0.15, 0.2) is 115 Å². The molecule has 1 unspecified atom stereocenters. The molecule has 1 N–H and O–H groups in total. The average Bonchev–Trinajstić information content (AvgIpc) is 2.74. The van der Waals surface area contributed by atoms with Crippen molar-refractivity contribution in [2.45, 2.75) is 6.92 Å². The Labute approximate surface area is 162 Å². The first kappa shape index (κ1) is 18.9.